The van der Waals surface area contributed by atoms with Crippen molar-refractivity contribution in [2.45, 2.75) is 38.8 Å². The van der Waals surface area contributed by atoms with Gasteiger partial charge in [-0.15, -0.1) is 0 Å². The van der Waals surface area contributed by atoms with E-state index in [0.717, 1.165) is 19.6 Å². The van der Waals surface area contributed by atoms with E-state index < -0.39 is 0 Å². The number of amides is 1. The molecule has 132 valence electrons. The molecule has 3 rings (SSSR count). The van der Waals surface area contributed by atoms with E-state index in [1.807, 2.05) is 17.0 Å². The van der Waals surface area contributed by atoms with Crippen LogP contribution in [0.5, 0.6) is 0 Å². The molecular weight excluding hydrogens is 300 g/mol. The average molecular weight is 330 g/mol. The highest BCUT2D eigenvalue weighted by Gasteiger charge is 2.39. The predicted octanol–water partition coefficient (Wildman–Crippen LogP) is 1.96. The Bertz CT molecular complexity index is 534. The Labute approximate surface area is 145 Å². The SMILES string of the molecule is CC(C)CN(C1CCN(C)CC1)C1CN(C(=O)c2ccccn2)C1. The Balaban J connectivity index is 1.59. The zero-order chi connectivity index (χ0) is 17.1. The summed E-state index contributed by atoms with van der Waals surface area (Å²) in [4.78, 5) is 23.7. The average Bonchev–Trinajstić information content (AvgIpc) is 2.53. The number of likely N-dealkylation sites (tertiary alicyclic amines) is 2. The fourth-order valence-corrected chi connectivity index (χ4v) is 3.83. The number of hydrogen-bond acceptors (Lipinski definition) is 4. The van der Waals surface area contributed by atoms with Gasteiger partial charge in [0, 0.05) is 37.9 Å². The van der Waals surface area contributed by atoms with E-state index in [0.29, 0.717) is 23.7 Å². The molecule has 1 aromatic heterocycles. The van der Waals surface area contributed by atoms with E-state index in [1.54, 1.807) is 12.3 Å². The van der Waals surface area contributed by atoms with Gasteiger partial charge in [0.25, 0.3) is 5.91 Å². The summed E-state index contributed by atoms with van der Waals surface area (Å²) in [7, 11) is 2.21. The molecule has 5 nitrogen and oxygen atoms in total. The molecule has 2 aliphatic heterocycles. The number of aromatic nitrogens is 1. The second-order valence-corrected chi connectivity index (χ2v) is 7.70. The summed E-state index contributed by atoms with van der Waals surface area (Å²) in [5.41, 5.74) is 0.561. The maximum Gasteiger partial charge on any atom is 0.272 e. The van der Waals surface area contributed by atoms with Crippen LogP contribution in [0.2, 0.25) is 0 Å². The van der Waals surface area contributed by atoms with Crippen LogP contribution in [0.1, 0.15) is 37.2 Å². The van der Waals surface area contributed by atoms with Gasteiger partial charge in [0.2, 0.25) is 0 Å². The predicted molar refractivity (Wildman–Crippen MR) is 96.0 cm³/mol. The zero-order valence-corrected chi connectivity index (χ0v) is 15.2. The molecule has 2 saturated heterocycles. The summed E-state index contributed by atoms with van der Waals surface area (Å²) in [6, 6.07) is 6.70. The van der Waals surface area contributed by atoms with Crippen molar-refractivity contribution in [2.75, 3.05) is 39.8 Å². The van der Waals surface area contributed by atoms with Gasteiger partial charge in [-0.25, -0.2) is 0 Å². The summed E-state index contributed by atoms with van der Waals surface area (Å²) < 4.78 is 0. The van der Waals surface area contributed by atoms with E-state index in [2.05, 4.69) is 35.7 Å². The molecule has 0 bridgehead atoms. The minimum absolute atomic E-state index is 0.0692. The normalized spacial score (nSPS) is 20.6. The lowest BCUT2D eigenvalue weighted by molar-refractivity contribution is -0.00825. The lowest BCUT2D eigenvalue weighted by Crippen LogP contribution is -2.64. The van der Waals surface area contributed by atoms with Crippen LogP contribution in [0.25, 0.3) is 0 Å². The van der Waals surface area contributed by atoms with Gasteiger partial charge in [-0.2, -0.15) is 0 Å². The van der Waals surface area contributed by atoms with Crippen molar-refractivity contribution in [3.63, 3.8) is 0 Å². The fraction of sp³-hybridized carbons (Fsp3) is 0.684. The molecule has 0 aliphatic carbocycles. The topological polar surface area (TPSA) is 39.7 Å². The molecule has 0 aromatic carbocycles. The first-order chi connectivity index (χ1) is 11.5. The summed E-state index contributed by atoms with van der Waals surface area (Å²) >= 11 is 0. The van der Waals surface area contributed by atoms with Gasteiger partial charge in [0.1, 0.15) is 5.69 Å². The van der Waals surface area contributed by atoms with Crippen molar-refractivity contribution >= 4 is 5.91 Å². The third kappa shape index (κ3) is 3.95. The molecule has 1 aromatic rings. The van der Waals surface area contributed by atoms with Crippen molar-refractivity contribution in [3.05, 3.63) is 30.1 Å². The highest BCUT2D eigenvalue weighted by molar-refractivity contribution is 5.92. The van der Waals surface area contributed by atoms with Crippen molar-refractivity contribution < 1.29 is 4.79 Å². The van der Waals surface area contributed by atoms with Gasteiger partial charge in [-0.3, -0.25) is 14.7 Å². The second-order valence-electron chi connectivity index (χ2n) is 7.70. The van der Waals surface area contributed by atoms with E-state index in [9.17, 15) is 4.79 Å². The minimum Gasteiger partial charge on any atom is -0.334 e. The van der Waals surface area contributed by atoms with Crippen LogP contribution in [-0.4, -0.2) is 77.4 Å². The lowest BCUT2D eigenvalue weighted by Gasteiger charge is -2.50. The maximum atomic E-state index is 12.5. The number of pyridine rings is 1. The Morgan fingerprint density at radius 2 is 1.96 bits per heavy atom. The highest BCUT2D eigenvalue weighted by Crippen LogP contribution is 2.25. The molecular formula is C19H30N4O. The third-order valence-corrected chi connectivity index (χ3v) is 5.24. The van der Waals surface area contributed by atoms with Crippen molar-refractivity contribution in [1.29, 1.82) is 0 Å². The largest absolute Gasteiger partial charge is 0.334 e. The first-order valence-corrected chi connectivity index (χ1v) is 9.19. The van der Waals surface area contributed by atoms with E-state index in [4.69, 9.17) is 0 Å². The second kappa shape index (κ2) is 7.62. The van der Waals surface area contributed by atoms with Gasteiger partial charge in [0.05, 0.1) is 0 Å². The fourth-order valence-electron chi connectivity index (χ4n) is 3.83. The minimum atomic E-state index is 0.0692. The van der Waals surface area contributed by atoms with Crippen molar-refractivity contribution in [1.82, 2.24) is 19.7 Å². The van der Waals surface area contributed by atoms with E-state index in [1.165, 1.54) is 25.9 Å². The highest BCUT2D eigenvalue weighted by atomic mass is 16.2. The number of carbonyl (C=O) groups is 1. The number of rotatable bonds is 5. The Morgan fingerprint density at radius 1 is 1.25 bits per heavy atom. The Morgan fingerprint density at radius 3 is 2.54 bits per heavy atom. The first-order valence-electron chi connectivity index (χ1n) is 9.19. The molecule has 24 heavy (non-hydrogen) atoms. The van der Waals surface area contributed by atoms with Crippen LogP contribution in [0.15, 0.2) is 24.4 Å². The number of piperidine rings is 1. The Kier molecular flexibility index (Phi) is 5.51. The first kappa shape index (κ1) is 17.4. The molecule has 1 amide bonds. The maximum absolute atomic E-state index is 12.5. The van der Waals surface area contributed by atoms with Gasteiger partial charge in [-0.05, 0) is 51.0 Å². The molecule has 2 aliphatic rings. The van der Waals surface area contributed by atoms with Crippen LogP contribution in [-0.2, 0) is 0 Å². The van der Waals surface area contributed by atoms with Crippen LogP contribution in [0, 0.1) is 5.92 Å². The van der Waals surface area contributed by atoms with Crippen molar-refractivity contribution in [2.24, 2.45) is 5.92 Å². The van der Waals surface area contributed by atoms with E-state index in [-0.39, 0.29) is 5.91 Å². The standard InChI is InChI=1S/C19H30N4O/c1-15(2)12-23(16-7-10-21(3)11-8-16)17-13-22(14-17)19(24)18-6-4-5-9-20-18/h4-6,9,15-17H,7-8,10-14H2,1-3H3. The molecule has 0 spiro atoms. The molecule has 3 heterocycles. The quantitative estimate of drug-likeness (QED) is 0.827. The summed E-state index contributed by atoms with van der Waals surface area (Å²) in [6.07, 6.45) is 4.18. The number of nitrogens with zero attached hydrogens (tertiary/aromatic N) is 4. The van der Waals surface area contributed by atoms with Gasteiger partial charge < -0.3 is 9.80 Å². The molecule has 0 radical (unpaired) electrons. The van der Waals surface area contributed by atoms with Crippen LogP contribution < -0.4 is 0 Å². The molecule has 0 unspecified atom stereocenters. The lowest BCUT2D eigenvalue weighted by atomic mass is 9.96. The van der Waals surface area contributed by atoms with Gasteiger partial charge in [0.15, 0.2) is 0 Å². The summed E-state index contributed by atoms with van der Waals surface area (Å²) in [5, 5.41) is 0. The molecule has 2 fully saturated rings. The smallest absolute Gasteiger partial charge is 0.272 e. The van der Waals surface area contributed by atoms with Crippen LogP contribution in [0.3, 0.4) is 0 Å². The molecule has 5 heteroatoms. The summed E-state index contributed by atoms with van der Waals surface area (Å²) in [5.74, 6) is 0.727. The van der Waals surface area contributed by atoms with Crippen LogP contribution >= 0.6 is 0 Å². The molecule has 0 atom stereocenters. The Hall–Kier alpha value is -1.46. The zero-order valence-electron chi connectivity index (χ0n) is 15.2. The van der Waals surface area contributed by atoms with E-state index >= 15 is 0 Å². The van der Waals surface area contributed by atoms with Crippen LogP contribution in [0.4, 0.5) is 0 Å². The number of hydrogen-bond donors (Lipinski definition) is 0. The molecule has 0 saturated carbocycles. The van der Waals surface area contributed by atoms with Gasteiger partial charge in [-0.1, -0.05) is 19.9 Å². The van der Waals surface area contributed by atoms with Gasteiger partial charge >= 0.3 is 0 Å². The molecule has 0 N–H and O–H groups in total. The third-order valence-electron chi connectivity index (χ3n) is 5.24. The monoisotopic (exact) mass is 330 g/mol. The van der Waals surface area contributed by atoms with Crippen molar-refractivity contribution in [3.8, 4) is 0 Å². The summed E-state index contributed by atoms with van der Waals surface area (Å²) in [6.45, 7) is 9.76. The number of carbonyl (C=O) groups excluding carboxylic acids is 1.